The molecule has 0 aliphatic heterocycles. The van der Waals surface area contributed by atoms with Crippen LogP contribution in [0.15, 0.2) is 205 Å². The molecule has 0 bridgehead atoms. The number of fused-ring (bicyclic) bond motifs is 10. The second-order valence-corrected chi connectivity index (χ2v) is 16.4. The van der Waals surface area contributed by atoms with E-state index in [4.69, 9.17) is 4.42 Å². The van der Waals surface area contributed by atoms with Gasteiger partial charge in [-0.25, -0.2) is 0 Å². The number of anilines is 3. The van der Waals surface area contributed by atoms with Crippen molar-refractivity contribution in [2.24, 2.45) is 0 Å². The Morgan fingerprint density at radius 1 is 0.373 bits per heavy atom. The maximum absolute atomic E-state index is 7.40. The molecule has 0 N–H and O–H groups in total. The van der Waals surface area contributed by atoms with E-state index in [0.29, 0.717) is 0 Å². The monoisotopic (exact) mass is 753 g/mol. The van der Waals surface area contributed by atoms with Gasteiger partial charge in [0.25, 0.3) is 0 Å². The van der Waals surface area contributed by atoms with E-state index in [1.54, 1.807) is 0 Å². The summed E-state index contributed by atoms with van der Waals surface area (Å²) in [6.07, 6.45) is 0. The third-order valence-electron chi connectivity index (χ3n) is 12.8. The zero-order valence-corrected chi connectivity index (χ0v) is 32.9. The van der Waals surface area contributed by atoms with Gasteiger partial charge in [0, 0.05) is 33.1 Å². The molecule has 1 aromatic heterocycles. The summed E-state index contributed by atoms with van der Waals surface area (Å²) in [7, 11) is 0. The largest absolute Gasteiger partial charge is 0.453 e. The molecule has 10 aromatic carbocycles. The van der Waals surface area contributed by atoms with Gasteiger partial charge in [0.05, 0.1) is 5.69 Å². The van der Waals surface area contributed by atoms with Crippen LogP contribution >= 0.6 is 0 Å². The van der Waals surface area contributed by atoms with Crippen LogP contribution in [-0.2, 0) is 5.41 Å². The molecule has 0 fully saturated rings. The lowest BCUT2D eigenvalue weighted by molar-refractivity contribution is 0.660. The van der Waals surface area contributed by atoms with Crippen molar-refractivity contribution in [3.8, 4) is 33.4 Å². The maximum atomic E-state index is 7.40. The zero-order chi connectivity index (χ0) is 39.2. The molecular weight excluding hydrogens is 715 g/mol. The lowest BCUT2D eigenvalue weighted by atomic mass is 9.82. The van der Waals surface area contributed by atoms with Gasteiger partial charge in [0.15, 0.2) is 5.58 Å². The maximum Gasteiger partial charge on any atom is 0.159 e. The average molecular weight is 754 g/mol. The van der Waals surface area contributed by atoms with E-state index in [0.717, 1.165) is 44.6 Å². The molecule has 1 aliphatic carbocycles. The molecule has 0 saturated carbocycles. The Labute approximate surface area is 343 Å². The highest BCUT2D eigenvalue weighted by molar-refractivity contribution is 6.24. The molecule has 0 saturated heterocycles. The number of hydrogen-bond donors (Lipinski definition) is 0. The molecule has 0 atom stereocenters. The first-order valence-corrected chi connectivity index (χ1v) is 20.5. The van der Waals surface area contributed by atoms with Crippen molar-refractivity contribution >= 4 is 71.3 Å². The van der Waals surface area contributed by atoms with E-state index in [1.165, 1.54) is 71.3 Å². The van der Waals surface area contributed by atoms with Crippen molar-refractivity contribution < 1.29 is 4.42 Å². The average Bonchev–Trinajstić information content (AvgIpc) is 3.77. The number of rotatable bonds is 5. The van der Waals surface area contributed by atoms with E-state index in [2.05, 4.69) is 219 Å². The summed E-state index contributed by atoms with van der Waals surface area (Å²) in [5.41, 5.74) is 14.8. The Morgan fingerprint density at radius 3 is 1.80 bits per heavy atom. The smallest absolute Gasteiger partial charge is 0.159 e. The SMILES string of the molecule is CC1(C)c2ccccc2-c2ccc(N(c3ccc(-c4ccccc4)cc3)c3cccc4c3oc3c(-c5cc6ccccc6c6ccccc56)c5ccccc5cc34)cc21. The van der Waals surface area contributed by atoms with E-state index >= 15 is 0 Å². The van der Waals surface area contributed by atoms with Crippen LogP contribution in [0, 0.1) is 0 Å². The molecule has 2 heteroatoms. The van der Waals surface area contributed by atoms with Gasteiger partial charge in [-0.1, -0.05) is 172 Å². The highest BCUT2D eigenvalue weighted by atomic mass is 16.3. The van der Waals surface area contributed by atoms with Gasteiger partial charge in [-0.05, 0) is 114 Å². The Bertz CT molecular complexity index is 3460. The first kappa shape index (κ1) is 33.7. The molecule has 0 radical (unpaired) electrons. The first-order valence-electron chi connectivity index (χ1n) is 20.5. The summed E-state index contributed by atoms with van der Waals surface area (Å²) in [5.74, 6) is 0. The Kier molecular flexibility index (Phi) is 7.31. The van der Waals surface area contributed by atoms with Gasteiger partial charge in [0.1, 0.15) is 5.58 Å². The first-order chi connectivity index (χ1) is 29.0. The molecule has 0 spiro atoms. The van der Waals surface area contributed by atoms with Gasteiger partial charge < -0.3 is 9.32 Å². The summed E-state index contributed by atoms with van der Waals surface area (Å²) in [6.45, 7) is 4.70. The van der Waals surface area contributed by atoms with Gasteiger partial charge in [-0.3, -0.25) is 0 Å². The fourth-order valence-corrected chi connectivity index (χ4v) is 9.98. The highest BCUT2D eigenvalue weighted by Crippen LogP contribution is 2.52. The fourth-order valence-electron chi connectivity index (χ4n) is 9.98. The van der Waals surface area contributed by atoms with Gasteiger partial charge in [-0.2, -0.15) is 0 Å². The van der Waals surface area contributed by atoms with Crippen molar-refractivity contribution in [2.75, 3.05) is 4.90 Å². The van der Waals surface area contributed by atoms with Crippen molar-refractivity contribution in [1.82, 2.24) is 0 Å². The predicted octanol–water partition coefficient (Wildman–Crippen LogP) is 16.2. The quantitative estimate of drug-likeness (QED) is 0.163. The van der Waals surface area contributed by atoms with E-state index in [1.807, 2.05) is 0 Å². The molecule has 1 aliphatic rings. The summed E-state index contributed by atoms with van der Waals surface area (Å²) in [6, 6.07) is 73.0. The molecule has 0 amide bonds. The van der Waals surface area contributed by atoms with Crippen LogP contribution in [-0.4, -0.2) is 0 Å². The van der Waals surface area contributed by atoms with Crippen LogP contribution in [0.3, 0.4) is 0 Å². The van der Waals surface area contributed by atoms with Crippen LogP contribution in [0.1, 0.15) is 25.0 Å². The van der Waals surface area contributed by atoms with E-state index < -0.39 is 0 Å². The van der Waals surface area contributed by atoms with Crippen molar-refractivity contribution in [3.05, 3.63) is 211 Å². The number of para-hydroxylation sites is 1. The minimum absolute atomic E-state index is 0.145. The Balaban J connectivity index is 1.13. The molecule has 2 nitrogen and oxygen atoms in total. The topological polar surface area (TPSA) is 16.4 Å². The molecular formula is C57H39NO. The highest BCUT2D eigenvalue weighted by Gasteiger charge is 2.36. The number of furan rings is 1. The van der Waals surface area contributed by atoms with Crippen LogP contribution in [0.2, 0.25) is 0 Å². The summed E-state index contributed by atoms with van der Waals surface area (Å²) in [5, 5.41) is 9.49. The molecule has 11 aromatic rings. The third-order valence-corrected chi connectivity index (χ3v) is 12.8. The van der Waals surface area contributed by atoms with E-state index in [9.17, 15) is 0 Å². The van der Waals surface area contributed by atoms with Gasteiger partial charge in [0.2, 0.25) is 0 Å². The summed E-state index contributed by atoms with van der Waals surface area (Å²) < 4.78 is 7.40. The van der Waals surface area contributed by atoms with Crippen molar-refractivity contribution in [2.45, 2.75) is 19.3 Å². The van der Waals surface area contributed by atoms with Crippen LogP contribution in [0.5, 0.6) is 0 Å². The zero-order valence-electron chi connectivity index (χ0n) is 32.9. The Morgan fingerprint density at radius 2 is 0.983 bits per heavy atom. The van der Waals surface area contributed by atoms with Crippen LogP contribution in [0.4, 0.5) is 17.1 Å². The Hall–Kier alpha value is -7.42. The molecule has 12 rings (SSSR count). The van der Waals surface area contributed by atoms with Crippen molar-refractivity contribution in [1.29, 1.82) is 0 Å². The third kappa shape index (κ3) is 5.06. The summed E-state index contributed by atoms with van der Waals surface area (Å²) >= 11 is 0. The van der Waals surface area contributed by atoms with Gasteiger partial charge >= 0.3 is 0 Å². The molecule has 0 unspecified atom stereocenters. The predicted molar refractivity (Wildman–Crippen MR) is 249 cm³/mol. The number of benzene rings is 10. The standard InChI is InChI=1S/C57H39NO/c1-57(2)51-25-13-12-23-46(51)47-32-31-41(35-52(47)57)58(40-29-27-37(28-30-40)36-15-4-3-5-16-36)53-26-14-24-48-50-34-39-18-7-9-20-43(39)54(56(50)59-55(48)53)49-33-38-17-6-8-19-42(38)44-21-10-11-22-45(44)49/h3-35H,1-2H3. The normalized spacial score (nSPS) is 13.1. The molecule has 278 valence electrons. The molecule has 59 heavy (non-hydrogen) atoms. The van der Waals surface area contributed by atoms with E-state index in [-0.39, 0.29) is 5.41 Å². The summed E-state index contributed by atoms with van der Waals surface area (Å²) in [4.78, 5) is 2.39. The number of nitrogens with zero attached hydrogens (tertiary/aromatic N) is 1. The van der Waals surface area contributed by atoms with Crippen LogP contribution in [0.25, 0.3) is 87.6 Å². The lowest BCUT2D eigenvalue weighted by Crippen LogP contribution is -2.16. The van der Waals surface area contributed by atoms with Gasteiger partial charge in [-0.15, -0.1) is 0 Å². The second kappa shape index (κ2) is 12.8. The minimum Gasteiger partial charge on any atom is -0.453 e. The molecule has 1 heterocycles. The minimum atomic E-state index is -0.145. The second-order valence-electron chi connectivity index (χ2n) is 16.4. The van der Waals surface area contributed by atoms with Crippen molar-refractivity contribution in [3.63, 3.8) is 0 Å². The fraction of sp³-hybridized carbons (Fsp3) is 0.0526. The van der Waals surface area contributed by atoms with Crippen LogP contribution < -0.4 is 4.90 Å². The number of hydrogen-bond acceptors (Lipinski definition) is 2. The lowest BCUT2D eigenvalue weighted by Gasteiger charge is -2.28.